The van der Waals surface area contributed by atoms with Crippen LogP contribution in [0.2, 0.25) is 0 Å². The summed E-state index contributed by atoms with van der Waals surface area (Å²) in [6.07, 6.45) is 0. The van der Waals surface area contributed by atoms with Crippen molar-refractivity contribution in [1.82, 2.24) is 14.6 Å². The zero-order valence-corrected chi connectivity index (χ0v) is 9.04. The fourth-order valence-electron chi connectivity index (χ4n) is 1.38. The van der Waals surface area contributed by atoms with Gasteiger partial charge < -0.3 is 10.4 Å². The summed E-state index contributed by atoms with van der Waals surface area (Å²) in [6, 6.07) is 4.54. The number of hydrogen-bond acceptors (Lipinski definition) is 5. The minimum atomic E-state index is -0.999. The number of aromatic nitrogens is 3. The van der Waals surface area contributed by atoms with Crippen molar-refractivity contribution in [1.29, 1.82) is 0 Å². The normalized spacial score (nSPS) is 10.4. The standard InChI is InChI=1S/C10H10N4O3/c1-6-4-9(15)14-8(12-6)3-2-7(13-14)11-5-10(16)17/h2-4H,5H2,1H3,(H,11,13)(H,16,17). The third-order valence-corrected chi connectivity index (χ3v) is 2.07. The Morgan fingerprint density at radius 3 is 3.00 bits per heavy atom. The molecule has 0 amide bonds. The predicted octanol–water partition coefficient (Wildman–Crippen LogP) is -0.106. The topological polar surface area (TPSA) is 96.6 Å². The SMILES string of the molecule is Cc1cc(=O)n2nc(NCC(=O)O)ccc2n1. The molecule has 0 atom stereocenters. The molecule has 17 heavy (non-hydrogen) atoms. The first-order valence-electron chi connectivity index (χ1n) is 4.90. The van der Waals surface area contributed by atoms with Gasteiger partial charge in [-0.2, -0.15) is 4.52 Å². The Kier molecular flexibility index (Phi) is 2.73. The lowest BCUT2D eigenvalue weighted by Gasteiger charge is -2.04. The first kappa shape index (κ1) is 11.1. The molecule has 0 aliphatic carbocycles. The molecule has 2 aromatic rings. The van der Waals surface area contributed by atoms with Crippen molar-refractivity contribution in [2.24, 2.45) is 0 Å². The maximum Gasteiger partial charge on any atom is 0.322 e. The third-order valence-electron chi connectivity index (χ3n) is 2.07. The van der Waals surface area contributed by atoms with Gasteiger partial charge >= 0.3 is 5.97 Å². The van der Waals surface area contributed by atoms with Crippen molar-refractivity contribution in [2.75, 3.05) is 11.9 Å². The largest absolute Gasteiger partial charge is 0.480 e. The van der Waals surface area contributed by atoms with Crippen LogP contribution in [0.1, 0.15) is 5.69 Å². The van der Waals surface area contributed by atoms with Crippen LogP contribution in [0.15, 0.2) is 23.0 Å². The number of rotatable bonds is 3. The van der Waals surface area contributed by atoms with Gasteiger partial charge in [-0.1, -0.05) is 0 Å². The number of nitrogens with one attached hydrogen (secondary N) is 1. The van der Waals surface area contributed by atoms with Crippen molar-refractivity contribution in [3.8, 4) is 0 Å². The molecule has 2 rings (SSSR count). The van der Waals surface area contributed by atoms with E-state index in [1.165, 1.54) is 6.07 Å². The minimum absolute atomic E-state index is 0.257. The zero-order valence-electron chi connectivity index (χ0n) is 9.04. The molecule has 2 N–H and O–H groups in total. The maximum absolute atomic E-state index is 11.6. The van der Waals surface area contributed by atoms with Crippen molar-refractivity contribution in [3.63, 3.8) is 0 Å². The fraction of sp³-hybridized carbons (Fsp3) is 0.200. The molecule has 0 aromatic carbocycles. The average molecular weight is 234 g/mol. The van der Waals surface area contributed by atoms with Gasteiger partial charge in [0.1, 0.15) is 12.4 Å². The number of anilines is 1. The van der Waals surface area contributed by atoms with Gasteiger partial charge in [0.2, 0.25) is 0 Å². The summed E-state index contributed by atoms with van der Waals surface area (Å²) in [7, 11) is 0. The van der Waals surface area contributed by atoms with E-state index in [4.69, 9.17) is 5.11 Å². The molecule has 0 radical (unpaired) electrons. The van der Waals surface area contributed by atoms with E-state index in [-0.39, 0.29) is 12.1 Å². The highest BCUT2D eigenvalue weighted by atomic mass is 16.4. The first-order valence-corrected chi connectivity index (χ1v) is 4.90. The van der Waals surface area contributed by atoms with Crippen LogP contribution in [0.4, 0.5) is 5.82 Å². The Balaban J connectivity index is 2.43. The van der Waals surface area contributed by atoms with Gasteiger partial charge in [-0.3, -0.25) is 9.59 Å². The number of aryl methyl sites for hydroxylation is 1. The van der Waals surface area contributed by atoms with Crippen LogP contribution >= 0.6 is 0 Å². The molecule has 88 valence electrons. The summed E-state index contributed by atoms with van der Waals surface area (Å²) in [6.45, 7) is 1.46. The lowest BCUT2D eigenvalue weighted by molar-refractivity contribution is -0.134. The maximum atomic E-state index is 11.6. The lowest BCUT2D eigenvalue weighted by atomic mass is 10.4. The molecular weight excluding hydrogens is 224 g/mol. The predicted molar refractivity (Wildman–Crippen MR) is 60.1 cm³/mol. The zero-order chi connectivity index (χ0) is 12.4. The Hall–Kier alpha value is -2.44. The number of fused-ring (bicyclic) bond motifs is 1. The highest BCUT2D eigenvalue weighted by Crippen LogP contribution is 2.03. The molecule has 7 nitrogen and oxygen atoms in total. The van der Waals surface area contributed by atoms with E-state index in [0.717, 1.165) is 4.52 Å². The Labute approximate surface area is 95.7 Å². The van der Waals surface area contributed by atoms with Gasteiger partial charge in [-0.05, 0) is 19.1 Å². The van der Waals surface area contributed by atoms with Crippen molar-refractivity contribution >= 4 is 17.4 Å². The molecule has 0 aliphatic rings. The summed E-state index contributed by atoms with van der Waals surface area (Å²) in [5.41, 5.74) is 0.741. The molecule has 0 unspecified atom stereocenters. The van der Waals surface area contributed by atoms with E-state index in [9.17, 15) is 9.59 Å². The van der Waals surface area contributed by atoms with E-state index in [1.54, 1.807) is 19.1 Å². The Morgan fingerprint density at radius 1 is 1.53 bits per heavy atom. The molecule has 7 heteroatoms. The molecule has 0 spiro atoms. The second-order valence-electron chi connectivity index (χ2n) is 3.47. The molecule has 0 aliphatic heterocycles. The molecular formula is C10H10N4O3. The lowest BCUT2D eigenvalue weighted by Crippen LogP contribution is -2.20. The highest BCUT2D eigenvalue weighted by molar-refractivity contribution is 5.72. The Morgan fingerprint density at radius 2 is 2.29 bits per heavy atom. The summed E-state index contributed by atoms with van der Waals surface area (Å²) in [5.74, 6) is -0.686. The summed E-state index contributed by atoms with van der Waals surface area (Å²) >= 11 is 0. The molecule has 0 saturated carbocycles. The van der Waals surface area contributed by atoms with Gasteiger partial charge in [0.05, 0.1) is 0 Å². The van der Waals surface area contributed by atoms with Crippen molar-refractivity contribution in [2.45, 2.75) is 6.92 Å². The first-order chi connectivity index (χ1) is 8.06. The van der Waals surface area contributed by atoms with E-state index in [2.05, 4.69) is 15.4 Å². The van der Waals surface area contributed by atoms with E-state index < -0.39 is 5.97 Å². The average Bonchev–Trinajstić information content (AvgIpc) is 2.26. The van der Waals surface area contributed by atoms with Crippen LogP contribution in [0.3, 0.4) is 0 Å². The van der Waals surface area contributed by atoms with Crippen LogP contribution in [0.25, 0.3) is 5.65 Å². The van der Waals surface area contributed by atoms with Gasteiger partial charge in [-0.25, -0.2) is 4.98 Å². The molecule has 2 aromatic heterocycles. The van der Waals surface area contributed by atoms with Gasteiger partial charge in [0.25, 0.3) is 5.56 Å². The van der Waals surface area contributed by atoms with Crippen LogP contribution in [0.5, 0.6) is 0 Å². The smallest absolute Gasteiger partial charge is 0.322 e. The molecule has 0 bridgehead atoms. The van der Waals surface area contributed by atoms with Gasteiger partial charge in [0, 0.05) is 11.8 Å². The van der Waals surface area contributed by atoms with Crippen LogP contribution < -0.4 is 10.9 Å². The van der Waals surface area contributed by atoms with Gasteiger partial charge in [0.15, 0.2) is 5.65 Å². The highest BCUT2D eigenvalue weighted by Gasteiger charge is 2.03. The second kappa shape index (κ2) is 4.20. The molecule has 0 saturated heterocycles. The number of carboxylic acid groups (broad SMARTS) is 1. The number of carbonyl (C=O) groups is 1. The second-order valence-corrected chi connectivity index (χ2v) is 3.47. The van der Waals surface area contributed by atoms with Crippen LogP contribution in [0, 0.1) is 6.92 Å². The van der Waals surface area contributed by atoms with E-state index >= 15 is 0 Å². The van der Waals surface area contributed by atoms with E-state index in [1.807, 2.05) is 0 Å². The number of nitrogens with zero attached hydrogens (tertiary/aromatic N) is 3. The molecule has 0 fully saturated rings. The number of hydrogen-bond donors (Lipinski definition) is 2. The quantitative estimate of drug-likeness (QED) is 0.769. The summed E-state index contributed by atoms with van der Waals surface area (Å²) < 4.78 is 1.12. The monoisotopic (exact) mass is 234 g/mol. The summed E-state index contributed by atoms with van der Waals surface area (Å²) in [4.78, 5) is 26.1. The van der Waals surface area contributed by atoms with Gasteiger partial charge in [-0.15, -0.1) is 5.10 Å². The van der Waals surface area contributed by atoms with Crippen LogP contribution in [-0.2, 0) is 4.79 Å². The number of carboxylic acids is 1. The third kappa shape index (κ3) is 2.39. The Bertz CT molecular complexity index is 635. The number of aliphatic carboxylic acids is 1. The van der Waals surface area contributed by atoms with Crippen LogP contribution in [-0.4, -0.2) is 32.2 Å². The van der Waals surface area contributed by atoms with Crippen molar-refractivity contribution < 1.29 is 9.90 Å². The summed E-state index contributed by atoms with van der Waals surface area (Å²) in [5, 5.41) is 15.0. The fourth-order valence-corrected chi connectivity index (χ4v) is 1.38. The van der Waals surface area contributed by atoms with E-state index in [0.29, 0.717) is 17.2 Å². The van der Waals surface area contributed by atoms with Crippen molar-refractivity contribution in [3.05, 3.63) is 34.2 Å². The molecule has 2 heterocycles. The minimum Gasteiger partial charge on any atom is -0.480 e.